The van der Waals surface area contributed by atoms with E-state index in [1.54, 1.807) is 0 Å². The van der Waals surface area contributed by atoms with E-state index in [2.05, 4.69) is 41.6 Å². The van der Waals surface area contributed by atoms with Gasteiger partial charge in [0, 0.05) is 37.4 Å². The summed E-state index contributed by atoms with van der Waals surface area (Å²) in [4.78, 5) is 9.34. The van der Waals surface area contributed by atoms with Crippen LogP contribution < -0.4 is 4.90 Å². The number of hydrogen-bond donors (Lipinski definition) is 0. The van der Waals surface area contributed by atoms with Crippen LogP contribution in [-0.2, 0) is 0 Å². The summed E-state index contributed by atoms with van der Waals surface area (Å²) in [6.45, 7) is 14.6. The summed E-state index contributed by atoms with van der Waals surface area (Å²) in [6, 6.07) is 4.29. The first-order valence-corrected chi connectivity index (χ1v) is 7.21. The van der Waals surface area contributed by atoms with Gasteiger partial charge in [0.1, 0.15) is 11.9 Å². The molecule has 0 unspecified atom stereocenters. The zero-order valence-electron chi connectivity index (χ0n) is 13.2. The molecule has 1 aliphatic heterocycles. The highest BCUT2D eigenvalue weighted by Gasteiger charge is 2.27. The Bertz CT molecular complexity index is 529. The van der Waals surface area contributed by atoms with Crippen LogP contribution in [0.2, 0.25) is 0 Å². The Labute approximate surface area is 122 Å². The molecule has 0 amide bonds. The molecular weight excluding hydrogens is 248 g/mol. The number of nitrogens with zero attached hydrogens (tertiary/aromatic N) is 4. The van der Waals surface area contributed by atoms with E-state index < -0.39 is 0 Å². The van der Waals surface area contributed by atoms with Gasteiger partial charge >= 0.3 is 0 Å². The van der Waals surface area contributed by atoms with Crippen LogP contribution in [0.3, 0.4) is 0 Å². The highest BCUT2D eigenvalue weighted by atomic mass is 15.3. The van der Waals surface area contributed by atoms with Crippen molar-refractivity contribution in [3.05, 3.63) is 22.9 Å². The molecule has 0 atom stereocenters. The number of anilines is 1. The average molecular weight is 272 g/mol. The van der Waals surface area contributed by atoms with E-state index in [1.807, 2.05) is 19.9 Å². The molecule has 1 saturated heterocycles. The predicted octanol–water partition coefficient (Wildman–Crippen LogP) is 2.49. The zero-order valence-corrected chi connectivity index (χ0v) is 13.2. The van der Waals surface area contributed by atoms with E-state index in [9.17, 15) is 5.26 Å². The van der Waals surface area contributed by atoms with Gasteiger partial charge in [0.15, 0.2) is 0 Å². The Kier molecular flexibility index (Phi) is 4.01. The standard InChI is InChI=1S/C16H24N4/c1-12-10-13(2)18-15(14(12)11-17)19-6-8-20(9-7-19)16(3,4)5/h10H,6-9H2,1-5H3. The molecule has 1 fully saturated rings. The second-order valence-corrected chi connectivity index (χ2v) is 6.54. The molecule has 0 saturated carbocycles. The van der Waals surface area contributed by atoms with Gasteiger partial charge in [0.05, 0.1) is 5.56 Å². The maximum Gasteiger partial charge on any atom is 0.147 e. The van der Waals surface area contributed by atoms with Crippen molar-refractivity contribution in [2.75, 3.05) is 31.1 Å². The van der Waals surface area contributed by atoms with Crippen LogP contribution in [0.5, 0.6) is 0 Å². The number of aryl methyl sites for hydroxylation is 2. The number of nitriles is 1. The van der Waals surface area contributed by atoms with Crippen LogP contribution in [0.15, 0.2) is 6.07 Å². The third-order valence-electron chi connectivity index (χ3n) is 3.97. The molecule has 0 aromatic carbocycles. The summed E-state index contributed by atoms with van der Waals surface area (Å²) in [5, 5.41) is 9.37. The van der Waals surface area contributed by atoms with Gasteiger partial charge in [0.2, 0.25) is 0 Å². The number of rotatable bonds is 1. The SMILES string of the molecule is Cc1cc(C)c(C#N)c(N2CCN(C(C)(C)C)CC2)n1. The summed E-state index contributed by atoms with van der Waals surface area (Å²) in [6.07, 6.45) is 0. The van der Waals surface area contributed by atoms with Gasteiger partial charge < -0.3 is 4.90 Å². The topological polar surface area (TPSA) is 43.2 Å². The van der Waals surface area contributed by atoms with Crippen molar-refractivity contribution in [1.29, 1.82) is 5.26 Å². The summed E-state index contributed by atoms with van der Waals surface area (Å²) >= 11 is 0. The Morgan fingerprint density at radius 1 is 1.15 bits per heavy atom. The molecule has 0 aliphatic carbocycles. The van der Waals surface area contributed by atoms with Crippen LogP contribution in [0.25, 0.3) is 0 Å². The number of hydrogen-bond acceptors (Lipinski definition) is 4. The summed E-state index contributed by atoms with van der Waals surface area (Å²) in [5.41, 5.74) is 2.93. The van der Waals surface area contributed by atoms with Gasteiger partial charge in [-0.25, -0.2) is 4.98 Å². The second kappa shape index (κ2) is 5.41. The van der Waals surface area contributed by atoms with E-state index in [-0.39, 0.29) is 5.54 Å². The van der Waals surface area contributed by atoms with Crippen LogP contribution in [0.4, 0.5) is 5.82 Å². The number of aromatic nitrogens is 1. The van der Waals surface area contributed by atoms with Gasteiger partial charge in [-0.2, -0.15) is 5.26 Å². The largest absolute Gasteiger partial charge is 0.353 e. The highest BCUT2D eigenvalue weighted by Crippen LogP contribution is 2.24. The second-order valence-electron chi connectivity index (χ2n) is 6.54. The van der Waals surface area contributed by atoms with Crippen molar-refractivity contribution in [1.82, 2.24) is 9.88 Å². The van der Waals surface area contributed by atoms with Gasteiger partial charge in [-0.1, -0.05) is 0 Å². The first-order valence-electron chi connectivity index (χ1n) is 7.21. The van der Waals surface area contributed by atoms with Gasteiger partial charge in [0.25, 0.3) is 0 Å². The highest BCUT2D eigenvalue weighted by molar-refractivity contribution is 5.58. The first kappa shape index (κ1) is 14.8. The third kappa shape index (κ3) is 2.94. The van der Waals surface area contributed by atoms with Crippen molar-refractivity contribution in [2.24, 2.45) is 0 Å². The smallest absolute Gasteiger partial charge is 0.147 e. The minimum atomic E-state index is 0.208. The molecule has 2 rings (SSSR count). The molecule has 0 N–H and O–H groups in total. The summed E-state index contributed by atoms with van der Waals surface area (Å²) in [5.74, 6) is 0.860. The minimum Gasteiger partial charge on any atom is -0.353 e. The zero-order chi connectivity index (χ0) is 14.9. The fourth-order valence-electron chi connectivity index (χ4n) is 2.77. The normalized spacial score (nSPS) is 17.1. The molecule has 20 heavy (non-hydrogen) atoms. The number of pyridine rings is 1. The molecule has 1 aromatic heterocycles. The molecule has 2 heterocycles. The lowest BCUT2D eigenvalue weighted by atomic mass is 10.0. The third-order valence-corrected chi connectivity index (χ3v) is 3.97. The Hall–Kier alpha value is -1.60. The fourth-order valence-corrected chi connectivity index (χ4v) is 2.77. The Balaban J connectivity index is 2.21. The monoisotopic (exact) mass is 272 g/mol. The van der Waals surface area contributed by atoms with Crippen LogP contribution >= 0.6 is 0 Å². The fraction of sp³-hybridized carbons (Fsp3) is 0.625. The van der Waals surface area contributed by atoms with Crippen LogP contribution in [0, 0.1) is 25.2 Å². The van der Waals surface area contributed by atoms with Crippen LogP contribution in [-0.4, -0.2) is 41.6 Å². The van der Waals surface area contributed by atoms with Crippen molar-refractivity contribution < 1.29 is 0 Å². The maximum atomic E-state index is 9.37. The summed E-state index contributed by atoms with van der Waals surface area (Å²) in [7, 11) is 0. The first-order chi connectivity index (χ1) is 9.32. The molecule has 0 spiro atoms. The van der Waals surface area contributed by atoms with Crippen molar-refractivity contribution >= 4 is 5.82 Å². The molecule has 108 valence electrons. The Morgan fingerprint density at radius 2 is 1.75 bits per heavy atom. The lowest BCUT2D eigenvalue weighted by molar-refractivity contribution is 0.128. The predicted molar refractivity (Wildman–Crippen MR) is 82.0 cm³/mol. The van der Waals surface area contributed by atoms with E-state index in [0.717, 1.165) is 48.8 Å². The molecule has 4 nitrogen and oxygen atoms in total. The average Bonchev–Trinajstić information content (AvgIpc) is 2.37. The van der Waals surface area contributed by atoms with Gasteiger partial charge in [-0.05, 0) is 46.2 Å². The lowest BCUT2D eigenvalue weighted by Gasteiger charge is -2.42. The van der Waals surface area contributed by atoms with E-state index >= 15 is 0 Å². The molecule has 0 radical (unpaired) electrons. The van der Waals surface area contributed by atoms with Crippen molar-refractivity contribution in [3.63, 3.8) is 0 Å². The molecular formula is C16H24N4. The van der Waals surface area contributed by atoms with Crippen LogP contribution in [0.1, 0.15) is 37.6 Å². The molecule has 1 aliphatic rings. The molecule has 4 heteroatoms. The van der Waals surface area contributed by atoms with Crippen molar-refractivity contribution in [2.45, 2.75) is 40.2 Å². The quantitative estimate of drug-likeness (QED) is 0.788. The molecule has 1 aromatic rings. The van der Waals surface area contributed by atoms with E-state index in [0.29, 0.717) is 0 Å². The Morgan fingerprint density at radius 3 is 2.25 bits per heavy atom. The van der Waals surface area contributed by atoms with Gasteiger partial charge in [-0.3, -0.25) is 4.90 Å². The van der Waals surface area contributed by atoms with E-state index in [4.69, 9.17) is 0 Å². The van der Waals surface area contributed by atoms with Crippen molar-refractivity contribution in [3.8, 4) is 6.07 Å². The van der Waals surface area contributed by atoms with Gasteiger partial charge in [-0.15, -0.1) is 0 Å². The minimum absolute atomic E-state index is 0.208. The molecule has 0 bridgehead atoms. The lowest BCUT2D eigenvalue weighted by Crippen LogP contribution is -2.53. The maximum absolute atomic E-state index is 9.37. The number of piperazine rings is 1. The van der Waals surface area contributed by atoms with E-state index in [1.165, 1.54) is 0 Å². The summed E-state index contributed by atoms with van der Waals surface area (Å²) < 4.78 is 0.